The topological polar surface area (TPSA) is 41.1 Å². The number of thiocarbonyl (C=S) groups is 1. The third-order valence-electron chi connectivity index (χ3n) is 6.14. The van der Waals surface area contributed by atoms with Crippen molar-refractivity contribution in [2.75, 3.05) is 5.32 Å². The minimum Gasteiger partial charge on any atom is -0.360 e. The van der Waals surface area contributed by atoms with Crippen LogP contribution in [0.3, 0.4) is 0 Å². The van der Waals surface area contributed by atoms with E-state index in [1.807, 2.05) is 54.6 Å². The fourth-order valence-electron chi connectivity index (χ4n) is 4.24. The largest absolute Gasteiger partial charge is 0.360 e. The van der Waals surface area contributed by atoms with E-state index in [2.05, 4.69) is 76.4 Å². The van der Waals surface area contributed by atoms with Gasteiger partial charge in [-0.15, -0.1) is 0 Å². The van der Waals surface area contributed by atoms with Gasteiger partial charge in [0.15, 0.2) is 10.9 Å². The fraction of sp³-hybridized carbons (Fsp3) is 0.333. The van der Waals surface area contributed by atoms with Crippen molar-refractivity contribution >= 4 is 28.8 Å². The quantitative estimate of drug-likeness (QED) is 0.280. The first-order chi connectivity index (χ1) is 16.0. The molecule has 0 radical (unpaired) electrons. The Morgan fingerprint density at radius 1 is 0.824 bits per heavy atom. The monoisotopic (exact) mass is 472 g/mol. The van der Waals surface area contributed by atoms with Crippen LogP contribution >= 0.6 is 12.2 Å². The first-order valence-corrected chi connectivity index (χ1v) is 12.2. The van der Waals surface area contributed by atoms with Crippen molar-refractivity contribution < 1.29 is 4.79 Å². The lowest BCUT2D eigenvalue weighted by Gasteiger charge is -2.29. The first kappa shape index (κ1) is 25.6. The van der Waals surface area contributed by atoms with E-state index in [1.54, 1.807) is 0 Å². The van der Waals surface area contributed by atoms with Crippen molar-refractivity contribution in [2.45, 2.75) is 64.8 Å². The first-order valence-electron chi connectivity index (χ1n) is 11.8. The number of hydrogen-bond acceptors (Lipinski definition) is 2. The van der Waals surface area contributed by atoms with E-state index in [-0.39, 0.29) is 22.7 Å². The molecule has 2 N–H and O–H groups in total. The normalized spacial score (nSPS) is 12.6. The van der Waals surface area contributed by atoms with Crippen LogP contribution in [0.1, 0.15) is 75.0 Å². The number of nitrogens with one attached hydrogen (secondary N) is 2. The smallest absolute Gasteiger partial charge is 0.193 e. The molecule has 0 bridgehead atoms. The zero-order chi connectivity index (χ0) is 24.9. The highest BCUT2D eigenvalue weighted by molar-refractivity contribution is 7.80. The summed E-state index contributed by atoms with van der Waals surface area (Å²) in [6.07, 6.45) is 0.932. The van der Waals surface area contributed by atoms with Gasteiger partial charge in [-0.2, -0.15) is 0 Å². The summed E-state index contributed by atoms with van der Waals surface area (Å²) in [6.45, 7) is 13.1. The lowest BCUT2D eigenvalue weighted by molar-refractivity contribution is 0.103. The van der Waals surface area contributed by atoms with Gasteiger partial charge in [-0.3, -0.25) is 4.79 Å². The molecular weight excluding hydrogens is 436 g/mol. The fourth-order valence-corrected chi connectivity index (χ4v) is 4.56. The summed E-state index contributed by atoms with van der Waals surface area (Å²) in [4.78, 5) is 13.0. The molecule has 0 heterocycles. The zero-order valence-corrected chi connectivity index (χ0v) is 21.9. The maximum Gasteiger partial charge on any atom is 0.193 e. The van der Waals surface area contributed by atoms with E-state index < -0.39 is 0 Å². The average Bonchev–Trinajstić information content (AvgIpc) is 2.78. The molecule has 0 saturated heterocycles. The van der Waals surface area contributed by atoms with Gasteiger partial charge in [0.25, 0.3) is 0 Å². The lowest BCUT2D eigenvalue weighted by Crippen LogP contribution is -2.39. The maximum atomic E-state index is 13.0. The second-order valence-electron chi connectivity index (χ2n) is 10.7. The Morgan fingerprint density at radius 3 is 2.09 bits per heavy atom. The number of anilines is 1. The number of ketones is 1. The summed E-state index contributed by atoms with van der Waals surface area (Å²) in [5.41, 5.74) is 4.71. The number of rotatable bonds is 7. The second-order valence-corrected chi connectivity index (χ2v) is 11.1. The zero-order valence-electron chi connectivity index (χ0n) is 21.1. The van der Waals surface area contributed by atoms with Gasteiger partial charge in [0.1, 0.15) is 0 Å². The van der Waals surface area contributed by atoms with Gasteiger partial charge in [-0.05, 0) is 59.7 Å². The minimum absolute atomic E-state index is 0.000894. The van der Waals surface area contributed by atoms with Gasteiger partial charge in [-0.1, -0.05) is 101 Å². The molecule has 0 amide bonds. The predicted octanol–water partition coefficient (Wildman–Crippen LogP) is 7.26. The Labute approximate surface area is 210 Å². The van der Waals surface area contributed by atoms with Crippen LogP contribution < -0.4 is 10.6 Å². The molecule has 4 heteroatoms. The van der Waals surface area contributed by atoms with Crippen LogP contribution in [-0.4, -0.2) is 16.9 Å². The minimum atomic E-state index is 0.000894. The van der Waals surface area contributed by atoms with Crippen LogP contribution in [0.4, 0.5) is 5.69 Å². The molecule has 3 aromatic rings. The Kier molecular flexibility index (Phi) is 7.93. The molecule has 0 aromatic heterocycles. The number of benzene rings is 3. The van der Waals surface area contributed by atoms with E-state index in [0.29, 0.717) is 16.2 Å². The summed E-state index contributed by atoms with van der Waals surface area (Å²) in [6, 6.07) is 26.1. The lowest BCUT2D eigenvalue weighted by atomic mass is 9.79. The molecule has 3 nitrogen and oxygen atoms in total. The Hall–Kier alpha value is -2.98. The highest BCUT2D eigenvalue weighted by Crippen LogP contribution is 2.28. The van der Waals surface area contributed by atoms with Crippen LogP contribution in [0.5, 0.6) is 0 Å². The number of carbonyl (C=O) groups excluding carboxylic acids is 1. The van der Waals surface area contributed by atoms with Gasteiger partial charge in [0.2, 0.25) is 0 Å². The van der Waals surface area contributed by atoms with Crippen LogP contribution in [0.25, 0.3) is 0 Å². The van der Waals surface area contributed by atoms with E-state index >= 15 is 0 Å². The van der Waals surface area contributed by atoms with Gasteiger partial charge >= 0.3 is 0 Å². The SMILES string of the molecule is C[C@H](CC(C)(C)c1ccccc1)NC(=S)Nc1cccc(C(=O)c2ccc(C(C)(C)C)cc2)c1. The maximum absolute atomic E-state index is 13.0. The van der Waals surface area contributed by atoms with Crippen molar-refractivity contribution in [3.05, 3.63) is 101 Å². The van der Waals surface area contributed by atoms with Gasteiger partial charge < -0.3 is 10.6 Å². The predicted molar refractivity (Wildman–Crippen MR) is 148 cm³/mol. The third kappa shape index (κ3) is 6.77. The Bertz CT molecular complexity index is 1130. The average molecular weight is 473 g/mol. The van der Waals surface area contributed by atoms with Crippen molar-refractivity contribution in [3.8, 4) is 0 Å². The van der Waals surface area contributed by atoms with Crippen LogP contribution in [0, 0.1) is 0 Å². The second kappa shape index (κ2) is 10.5. The summed E-state index contributed by atoms with van der Waals surface area (Å²) in [7, 11) is 0. The van der Waals surface area contributed by atoms with Gasteiger partial charge in [0, 0.05) is 22.9 Å². The molecule has 0 spiro atoms. The van der Waals surface area contributed by atoms with E-state index in [1.165, 1.54) is 11.1 Å². The molecule has 0 saturated carbocycles. The van der Waals surface area contributed by atoms with Crippen LogP contribution in [0.15, 0.2) is 78.9 Å². The van der Waals surface area contributed by atoms with Gasteiger partial charge in [0.05, 0.1) is 0 Å². The molecule has 178 valence electrons. The van der Waals surface area contributed by atoms with Crippen molar-refractivity contribution in [1.29, 1.82) is 0 Å². The summed E-state index contributed by atoms with van der Waals surface area (Å²) in [5, 5.41) is 7.18. The molecule has 1 atom stereocenters. The molecule has 0 aliphatic rings. The summed E-state index contributed by atoms with van der Waals surface area (Å²) >= 11 is 5.56. The molecule has 34 heavy (non-hydrogen) atoms. The van der Waals surface area contributed by atoms with E-state index in [0.717, 1.165) is 12.1 Å². The summed E-state index contributed by atoms with van der Waals surface area (Å²) in [5.74, 6) is 0.000894. The number of hydrogen-bond donors (Lipinski definition) is 2. The molecule has 0 aliphatic heterocycles. The molecule has 0 aliphatic carbocycles. The Morgan fingerprint density at radius 2 is 1.47 bits per heavy atom. The van der Waals surface area contributed by atoms with E-state index in [9.17, 15) is 4.79 Å². The van der Waals surface area contributed by atoms with Crippen LogP contribution in [0.2, 0.25) is 0 Å². The third-order valence-corrected chi connectivity index (χ3v) is 6.36. The van der Waals surface area contributed by atoms with Crippen molar-refractivity contribution in [1.82, 2.24) is 5.32 Å². The molecule has 3 rings (SSSR count). The standard InChI is InChI=1S/C30H36N2OS/c1-21(20-30(5,6)25-12-8-7-9-13-25)31-28(34)32-26-14-10-11-23(19-26)27(33)22-15-17-24(18-16-22)29(2,3)4/h7-19,21H,20H2,1-6H3,(H2,31,32,34)/t21-/m1/s1. The highest BCUT2D eigenvalue weighted by Gasteiger charge is 2.23. The van der Waals surface area contributed by atoms with Crippen molar-refractivity contribution in [2.24, 2.45) is 0 Å². The molecular formula is C30H36N2OS. The molecule has 0 unspecified atom stereocenters. The molecule has 0 fully saturated rings. The molecule has 3 aromatic carbocycles. The Balaban J connectivity index is 1.62. The van der Waals surface area contributed by atoms with Crippen LogP contribution in [-0.2, 0) is 10.8 Å². The van der Waals surface area contributed by atoms with Crippen molar-refractivity contribution in [3.63, 3.8) is 0 Å². The summed E-state index contributed by atoms with van der Waals surface area (Å²) < 4.78 is 0. The van der Waals surface area contributed by atoms with Gasteiger partial charge in [-0.25, -0.2) is 0 Å². The van der Waals surface area contributed by atoms with E-state index in [4.69, 9.17) is 12.2 Å². The highest BCUT2D eigenvalue weighted by atomic mass is 32.1. The number of carbonyl (C=O) groups is 1.